The molecule has 0 aliphatic carbocycles. The molecule has 100 valence electrons. The van der Waals surface area contributed by atoms with Crippen LogP contribution in [0.5, 0.6) is 0 Å². The molecule has 4 heteroatoms. The zero-order valence-electron chi connectivity index (χ0n) is 11.1. The van der Waals surface area contributed by atoms with E-state index in [1.807, 2.05) is 24.3 Å². The van der Waals surface area contributed by atoms with E-state index < -0.39 is 0 Å². The van der Waals surface area contributed by atoms with Gasteiger partial charge >= 0.3 is 0 Å². The van der Waals surface area contributed by atoms with Crippen LogP contribution in [0.15, 0.2) is 30.3 Å². The summed E-state index contributed by atoms with van der Waals surface area (Å²) in [6, 6.07) is 9.35. The molecule has 2 rings (SSSR count). The maximum Gasteiger partial charge on any atom is 0.226 e. The molecule has 0 bridgehead atoms. The summed E-state index contributed by atoms with van der Waals surface area (Å²) in [6.45, 7) is 4.83. The van der Waals surface area contributed by atoms with Crippen molar-refractivity contribution in [2.75, 3.05) is 6.54 Å². The van der Waals surface area contributed by atoms with E-state index in [4.69, 9.17) is 11.6 Å². The van der Waals surface area contributed by atoms with Crippen LogP contribution in [-0.4, -0.2) is 17.4 Å². The van der Waals surface area contributed by atoms with Crippen molar-refractivity contribution >= 4 is 28.4 Å². The standard InChI is InChI=1S/C15H17ClN2O/c1-10(2)9-17-15(19)8-13-5-3-11-7-12(16)4-6-14(11)18-13/h3-7,10H,8-9H2,1-2H3,(H,17,19). The average molecular weight is 277 g/mol. The van der Waals surface area contributed by atoms with Crippen LogP contribution in [0.2, 0.25) is 5.02 Å². The molecule has 2 aromatic rings. The fraction of sp³-hybridized carbons (Fsp3) is 0.333. The second-order valence-electron chi connectivity index (χ2n) is 5.01. The summed E-state index contributed by atoms with van der Waals surface area (Å²) in [7, 11) is 0. The third kappa shape index (κ3) is 3.93. The van der Waals surface area contributed by atoms with Crippen LogP contribution in [0.4, 0.5) is 0 Å². The lowest BCUT2D eigenvalue weighted by Crippen LogP contribution is -2.28. The summed E-state index contributed by atoms with van der Waals surface area (Å²) in [6.07, 6.45) is 0.311. The molecular weight excluding hydrogens is 260 g/mol. The Morgan fingerprint density at radius 3 is 2.84 bits per heavy atom. The highest BCUT2D eigenvalue weighted by molar-refractivity contribution is 6.31. The Balaban J connectivity index is 2.09. The molecule has 1 aromatic carbocycles. The first-order valence-corrected chi connectivity index (χ1v) is 6.74. The number of fused-ring (bicyclic) bond motifs is 1. The maximum absolute atomic E-state index is 11.7. The lowest BCUT2D eigenvalue weighted by Gasteiger charge is -2.07. The molecule has 1 aromatic heterocycles. The molecule has 0 atom stereocenters. The Morgan fingerprint density at radius 1 is 1.32 bits per heavy atom. The number of aromatic nitrogens is 1. The van der Waals surface area contributed by atoms with Crippen molar-refractivity contribution in [3.8, 4) is 0 Å². The summed E-state index contributed by atoms with van der Waals surface area (Å²) in [5, 5.41) is 4.56. The van der Waals surface area contributed by atoms with Gasteiger partial charge < -0.3 is 5.32 Å². The predicted molar refractivity (Wildman–Crippen MR) is 78.3 cm³/mol. The van der Waals surface area contributed by atoms with Gasteiger partial charge in [0.25, 0.3) is 0 Å². The Hall–Kier alpha value is -1.61. The highest BCUT2D eigenvalue weighted by Gasteiger charge is 2.06. The number of hydrogen-bond acceptors (Lipinski definition) is 2. The van der Waals surface area contributed by atoms with Crippen molar-refractivity contribution in [2.45, 2.75) is 20.3 Å². The zero-order chi connectivity index (χ0) is 13.8. The van der Waals surface area contributed by atoms with Crippen LogP contribution >= 0.6 is 11.6 Å². The number of amides is 1. The summed E-state index contributed by atoms with van der Waals surface area (Å²) in [4.78, 5) is 16.2. The number of hydrogen-bond donors (Lipinski definition) is 1. The molecule has 0 aliphatic heterocycles. The Bertz CT molecular complexity index is 596. The maximum atomic E-state index is 11.7. The third-order valence-corrected chi connectivity index (χ3v) is 2.99. The van der Waals surface area contributed by atoms with Crippen molar-refractivity contribution in [1.82, 2.24) is 10.3 Å². The first-order valence-electron chi connectivity index (χ1n) is 6.36. The quantitative estimate of drug-likeness (QED) is 0.932. The van der Waals surface area contributed by atoms with Crippen LogP contribution in [0, 0.1) is 5.92 Å². The molecule has 0 saturated heterocycles. The molecule has 1 amide bonds. The lowest BCUT2D eigenvalue weighted by molar-refractivity contribution is -0.120. The number of carbonyl (C=O) groups is 1. The second-order valence-corrected chi connectivity index (χ2v) is 5.45. The number of rotatable bonds is 4. The fourth-order valence-electron chi connectivity index (χ4n) is 1.78. The highest BCUT2D eigenvalue weighted by Crippen LogP contribution is 2.18. The number of pyridine rings is 1. The van der Waals surface area contributed by atoms with Gasteiger partial charge in [-0.15, -0.1) is 0 Å². The van der Waals surface area contributed by atoms with Crippen molar-refractivity contribution in [3.63, 3.8) is 0 Å². The van der Waals surface area contributed by atoms with Crippen molar-refractivity contribution in [1.29, 1.82) is 0 Å². The van der Waals surface area contributed by atoms with Crippen LogP contribution in [0.3, 0.4) is 0 Å². The van der Waals surface area contributed by atoms with Gasteiger partial charge in [-0.25, -0.2) is 0 Å². The molecule has 0 radical (unpaired) electrons. The second kappa shape index (κ2) is 6.02. The van der Waals surface area contributed by atoms with Crippen LogP contribution in [-0.2, 0) is 11.2 Å². The molecule has 0 saturated carbocycles. The van der Waals surface area contributed by atoms with Crippen molar-refractivity contribution in [3.05, 3.63) is 41.0 Å². The Labute approximate surface area is 118 Å². The van der Waals surface area contributed by atoms with Gasteiger partial charge in [0, 0.05) is 17.0 Å². The lowest BCUT2D eigenvalue weighted by atomic mass is 10.1. The summed E-state index contributed by atoms with van der Waals surface area (Å²) < 4.78 is 0. The first-order chi connectivity index (χ1) is 9.04. The van der Waals surface area contributed by atoms with Crippen LogP contribution in [0.1, 0.15) is 19.5 Å². The van der Waals surface area contributed by atoms with Gasteiger partial charge in [-0.05, 0) is 30.2 Å². The Morgan fingerprint density at radius 2 is 2.11 bits per heavy atom. The van der Waals surface area contributed by atoms with Crippen LogP contribution < -0.4 is 5.32 Å². The number of nitrogens with one attached hydrogen (secondary N) is 1. The van der Waals surface area contributed by atoms with Crippen LogP contribution in [0.25, 0.3) is 10.9 Å². The van der Waals surface area contributed by atoms with E-state index in [9.17, 15) is 4.79 Å². The zero-order valence-corrected chi connectivity index (χ0v) is 11.9. The molecule has 3 nitrogen and oxygen atoms in total. The van der Waals surface area contributed by atoms with Gasteiger partial charge in [0.05, 0.1) is 17.6 Å². The van der Waals surface area contributed by atoms with Gasteiger partial charge in [0.1, 0.15) is 0 Å². The first kappa shape index (κ1) is 13.8. The molecule has 0 aliphatic rings. The normalized spacial score (nSPS) is 10.9. The largest absolute Gasteiger partial charge is 0.356 e. The highest BCUT2D eigenvalue weighted by atomic mass is 35.5. The minimum atomic E-state index is 0.00881. The van der Waals surface area contributed by atoms with E-state index in [-0.39, 0.29) is 5.91 Å². The average Bonchev–Trinajstić information content (AvgIpc) is 2.36. The fourth-order valence-corrected chi connectivity index (χ4v) is 1.96. The molecular formula is C15H17ClN2O. The minimum Gasteiger partial charge on any atom is -0.356 e. The van der Waals surface area contributed by atoms with Gasteiger partial charge in [0.2, 0.25) is 5.91 Å². The molecule has 0 spiro atoms. The monoisotopic (exact) mass is 276 g/mol. The van der Waals surface area contributed by atoms with E-state index >= 15 is 0 Å². The van der Waals surface area contributed by atoms with Gasteiger partial charge in [-0.2, -0.15) is 0 Å². The summed E-state index contributed by atoms with van der Waals surface area (Å²) in [5.41, 5.74) is 1.63. The summed E-state index contributed by atoms with van der Waals surface area (Å²) >= 11 is 5.92. The van der Waals surface area contributed by atoms with Crippen molar-refractivity contribution in [2.24, 2.45) is 5.92 Å². The SMILES string of the molecule is CC(C)CNC(=O)Cc1ccc2cc(Cl)ccc2n1. The van der Waals surface area contributed by atoms with Crippen molar-refractivity contribution < 1.29 is 4.79 Å². The predicted octanol–water partition coefficient (Wildman–Crippen LogP) is 3.20. The van der Waals surface area contributed by atoms with E-state index in [1.165, 1.54) is 0 Å². The topological polar surface area (TPSA) is 42.0 Å². The Kier molecular flexibility index (Phi) is 4.38. The van der Waals surface area contributed by atoms with E-state index in [1.54, 1.807) is 6.07 Å². The number of halogens is 1. The number of nitrogens with zero attached hydrogens (tertiary/aromatic N) is 1. The molecule has 0 unspecified atom stereocenters. The van der Waals surface area contributed by atoms with Gasteiger partial charge in [-0.3, -0.25) is 9.78 Å². The third-order valence-electron chi connectivity index (χ3n) is 2.76. The minimum absolute atomic E-state index is 0.00881. The molecule has 1 heterocycles. The van der Waals surface area contributed by atoms with E-state index in [0.717, 1.165) is 16.6 Å². The molecule has 19 heavy (non-hydrogen) atoms. The van der Waals surface area contributed by atoms with E-state index in [2.05, 4.69) is 24.1 Å². The number of benzene rings is 1. The smallest absolute Gasteiger partial charge is 0.226 e. The van der Waals surface area contributed by atoms with Gasteiger partial charge in [0.15, 0.2) is 0 Å². The molecule has 1 N–H and O–H groups in total. The molecule has 0 fully saturated rings. The number of carbonyl (C=O) groups excluding carboxylic acids is 1. The summed E-state index contributed by atoms with van der Waals surface area (Å²) in [5.74, 6) is 0.463. The van der Waals surface area contributed by atoms with Gasteiger partial charge in [-0.1, -0.05) is 31.5 Å². The van der Waals surface area contributed by atoms with E-state index in [0.29, 0.717) is 23.9 Å².